The minimum atomic E-state index is 0.532. The van der Waals surface area contributed by atoms with E-state index in [4.69, 9.17) is 15.2 Å². The summed E-state index contributed by atoms with van der Waals surface area (Å²) in [5.74, 6) is 0. The summed E-state index contributed by atoms with van der Waals surface area (Å²) in [6, 6.07) is 3.99. The SMILES string of the molecule is COCCCOCCn1cc(CN)c2cccnc21. The first-order valence-corrected chi connectivity index (χ1v) is 6.56. The van der Waals surface area contributed by atoms with Crippen molar-refractivity contribution >= 4 is 11.0 Å². The number of aromatic nitrogens is 2. The summed E-state index contributed by atoms with van der Waals surface area (Å²) in [6.45, 7) is 3.47. The van der Waals surface area contributed by atoms with Crippen LogP contribution in [-0.2, 0) is 22.6 Å². The van der Waals surface area contributed by atoms with E-state index in [9.17, 15) is 0 Å². The van der Waals surface area contributed by atoms with Crippen LogP contribution in [0.3, 0.4) is 0 Å². The molecule has 2 aromatic rings. The molecule has 2 heterocycles. The molecule has 5 heteroatoms. The summed E-state index contributed by atoms with van der Waals surface area (Å²) in [6.07, 6.45) is 4.80. The number of methoxy groups -OCH3 is 1. The van der Waals surface area contributed by atoms with Gasteiger partial charge in [0, 0.05) is 51.2 Å². The van der Waals surface area contributed by atoms with Crippen molar-refractivity contribution < 1.29 is 9.47 Å². The third-order valence-corrected chi connectivity index (χ3v) is 3.05. The molecule has 0 aliphatic carbocycles. The van der Waals surface area contributed by atoms with Crippen LogP contribution in [0.4, 0.5) is 0 Å². The minimum absolute atomic E-state index is 0.532. The topological polar surface area (TPSA) is 62.3 Å². The average Bonchev–Trinajstić information content (AvgIpc) is 2.81. The molecule has 0 aliphatic rings. The van der Waals surface area contributed by atoms with Crippen LogP contribution in [0.2, 0.25) is 0 Å². The molecule has 5 nitrogen and oxygen atoms in total. The van der Waals surface area contributed by atoms with E-state index < -0.39 is 0 Å². The number of hydrogen-bond acceptors (Lipinski definition) is 4. The molecule has 0 unspecified atom stereocenters. The quantitative estimate of drug-likeness (QED) is 0.734. The predicted molar refractivity (Wildman–Crippen MR) is 74.9 cm³/mol. The van der Waals surface area contributed by atoms with Crippen LogP contribution in [0, 0.1) is 0 Å². The van der Waals surface area contributed by atoms with E-state index in [0.29, 0.717) is 13.2 Å². The van der Waals surface area contributed by atoms with E-state index in [1.54, 1.807) is 13.3 Å². The Morgan fingerprint density at radius 1 is 1.32 bits per heavy atom. The van der Waals surface area contributed by atoms with Gasteiger partial charge in [0.2, 0.25) is 0 Å². The fourth-order valence-corrected chi connectivity index (χ4v) is 2.10. The van der Waals surface area contributed by atoms with Crippen molar-refractivity contribution in [2.45, 2.75) is 19.5 Å². The highest BCUT2D eigenvalue weighted by Crippen LogP contribution is 2.18. The zero-order chi connectivity index (χ0) is 13.5. The Kier molecular flexibility index (Phi) is 5.32. The monoisotopic (exact) mass is 263 g/mol. The second-order valence-corrected chi connectivity index (χ2v) is 4.39. The van der Waals surface area contributed by atoms with Gasteiger partial charge in [-0.05, 0) is 24.1 Å². The third-order valence-electron chi connectivity index (χ3n) is 3.05. The van der Waals surface area contributed by atoms with Gasteiger partial charge in [0.15, 0.2) is 0 Å². The summed E-state index contributed by atoms with van der Waals surface area (Å²) < 4.78 is 12.6. The van der Waals surface area contributed by atoms with Gasteiger partial charge in [0.25, 0.3) is 0 Å². The van der Waals surface area contributed by atoms with E-state index >= 15 is 0 Å². The van der Waals surface area contributed by atoms with Gasteiger partial charge in [0.05, 0.1) is 6.61 Å². The second-order valence-electron chi connectivity index (χ2n) is 4.39. The van der Waals surface area contributed by atoms with Gasteiger partial charge in [-0.15, -0.1) is 0 Å². The van der Waals surface area contributed by atoms with Crippen LogP contribution in [0.5, 0.6) is 0 Å². The lowest BCUT2D eigenvalue weighted by Gasteiger charge is -2.06. The Bertz CT molecular complexity index is 510. The molecular weight excluding hydrogens is 242 g/mol. The summed E-state index contributed by atoms with van der Waals surface area (Å²) in [7, 11) is 1.70. The summed E-state index contributed by atoms with van der Waals surface area (Å²) >= 11 is 0. The Hall–Kier alpha value is -1.43. The van der Waals surface area contributed by atoms with E-state index in [-0.39, 0.29) is 0 Å². The first-order valence-electron chi connectivity index (χ1n) is 6.56. The molecule has 0 amide bonds. The molecule has 2 rings (SSSR count). The number of fused-ring (bicyclic) bond motifs is 1. The van der Waals surface area contributed by atoms with E-state index in [1.807, 2.05) is 6.07 Å². The van der Waals surface area contributed by atoms with Crippen LogP contribution < -0.4 is 5.73 Å². The number of pyridine rings is 1. The summed E-state index contributed by atoms with van der Waals surface area (Å²) in [4.78, 5) is 4.41. The van der Waals surface area contributed by atoms with E-state index in [1.165, 1.54) is 0 Å². The molecule has 104 valence electrons. The number of nitrogens with zero attached hydrogens (tertiary/aromatic N) is 2. The lowest BCUT2D eigenvalue weighted by Crippen LogP contribution is -2.07. The molecule has 0 radical (unpaired) electrons. The van der Waals surface area contributed by atoms with Crippen LogP contribution in [0.1, 0.15) is 12.0 Å². The van der Waals surface area contributed by atoms with Crippen molar-refractivity contribution in [2.24, 2.45) is 5.73 Å². The zero-order valence-electron chi connectivity index (χ0n) is 11.3. The highest BCUT2D eigenvalue weighted by Gasteiger charge is 2.07. The maximum absolute atomic E-state index is 5.75. The highest BCUT2D eigenvalue weighted by molar-refractivity contribution is 5.80. The molecular formula is C14H21N3O2. The zero-order valence-corrected chi connectivity index (χ0v) is 11.3. The van der Waals surface area contributed by atoms with Crippen LogP contribution in [-0.4, -0.2) is 36.5 Å². The molecule has 0 saturated carbocycles. The predicted octanol–water partition coefficient (Wildman–Crippen LogP) is 1.55. The van der Waals surface area contributed by atoms with Crippen LogP contribution >= 0.6 is 0 Å². The van der Waals surface area contributed by atoms with Crippen molar-refractivity contribution in [3.05, 3.63) is 30.1 Å². The molecule has 0 bridgehead atoms. The molecule has 0 aromatic carbocycles. The maximum Gasteiger partial charge on any atom is 0.140 e. The van der Waals surface area contributed by atoms with Gasteiger partial charge < -0.3 is 19.8 Å². The number of hydrogen-bond donors (Lipinski definition) is 1. The number of nitrogens with two attached hydrogens (primary N) is 1. The largest absolute Gasteiger partial charge is 0.385 e. The first kappa shape index (κ1) is 14.0. The van der Waals surface area contributed by atoms with Crippen molar-refractivity contribution in [3.63, 3.8) is 0 Å². The van der Waals surface area contributed by atoms with E-state index in [2.05, 4.69) is 21.8 Å². The van der Waals surface area contributed by atoms with Gasteiger partial charge in [-0.1, -0.05) is 0 Å². The molecule has 0 spiro atoms. The standard InChI is InChI=1S/C14H21N3O2/c1-18-7-3-8-19-9-6-17-11-12(10-15)13-4-2-5-16-14(13)17/h2,4-5,11H,3,6-10,15H2,1H3. The fraction of sp³-hybridized carbons (Fsp3) is 0.500. The third kappa shape index (κ3) is 3.53. The normalized spacial score (nSPS) is 11.3. The van der Waals surface area contributed by atoms with Crippen molar-refractivity contribution in [2.75, 3.05) is 26.9 Å². The van der Waals surface area contributed by atoms with E-state index in [0.717, 1.165) is 42.8 Å². The average molecular weight is 263 g/mol. The molecule has 2 aromatic heterocycles. The highest BCUT2D eigenvalue weighted by atomic mass is 16.5. The fourth-order valence-electron chi connectivity index (χ4n) is 2.10. The summed E-state index contributed by atoms with van der Waals surface area (Å²) in [5.41, 5.74) is 7.86. The van der Waals surface area contributed by atoms with Gasteiger partial charge in [-0.2, -0.15) is 0 Å². The summed E-state index contributed by atoms with van der Waals surface area (Å²) in [5, 5.41) is 1.13. The second kappa shape index (κ2) is 7.23. The Morgan fingerprint density at radius 3 is 3.00 bits per heavy atom. The smallest absolute Gasteiger partial charge is 0.140 e. The molecule has 19 heavy (non-hydrogen) atoms. The Morgan fingerprint density at radius 2 is 2.21 bits per heavy atom. The van der Waals surface area contributed by atoms with Crippen LogP contribution in [0.15, 0.2) is 24.5 Å². The van der Waals surface area contributed by atoms with Crippen molar-refractivity contribution in [1.82, 2.24) is 9.55 Å². The minimum Gasteiger partial charge on any atom is -0.385 e. The Labute approximate surface area is 113 Å². The van der Waals surface area contributed by atoms with Crippen molar-refractivity contribution in [3.8, 4) is 0 Å². The number of ether oxygens (including phenoxy) is 2. The van der Waals surface area contributed by atoms with Gasteiger partial charge in [0.1, 0.15) is 5.65 Å². The molecule has 0 aliphatic heterocycles. The molecule has 0 saturated heterocycles. The molecule has 0 fully saturated rings. The van der Waals surface area contributed by atoms with Gasteiger partial charge >= 0.3 is 0 Å². The van der Waals surface area contributed by atoms with Crippen molar-refractivity contribution in [1.29, 1.82) is 0 Å². The van der Waals surface area contributed by atoms with Crippen LogP contribution in [0.25, 0.3) is 11.0 Å². The molecule has 0 atom stereocenters. The first-order chi connectivity index (χ1) is 9.36. The lowest BCUT2D eigenvalue weighted by atomic mass is 10.2. The van der Waals surface area contributed by atoms with Gasteiger partial charge in [-0.25, -0.2) is 4.98 Å². The molecule has 2 N–H and O–H groups in total. The number of rotatable bonds is 8. The maximum atomic E-state index is 5.75. The Balaban J connectivity index is 1.93. The van der Waals surface area contributed by atoms with Gasteiger partial charge in [-0.3, -0.25) is 0 Å². The lowest BCUT2D eigenvalue weighted by molar-refractivity contribution is 0.0981.